The van der Waals surface area contributed by atoms with Gasteiger partial charge in [0.05, 0.1) is 10.6 Å². The van der Waals surface area contributed by atoms with E-state index in [2.05, 4.69) is 0 Å². The number of fused-ring (bicyclic) bond motifs is 2. The first-order valence-electron chi connectivity index (χ1n) is 8.11. The van der Waals surface area contributed by atoms with Crippen molar-refractivity contribution in [1.82, 2.24) is 0 Å². The van der Waals surface area contributed by atoms with Crippen LogP contribution < -0.4 is 9.04 Å². The van der Waals surface area contributed by atoms with E-state index in [1.165, 1.54) is 17.4 Å². The van der Waals surface area contributed by atoms with Crippen molar-refractivity contribution < 1.29 is 18.3 Å². The number of para-hydroxylation sites is 2. The molecule has 0 aromatic heterocycles. The number of hydrogen-bond acceptors (Lipinski definition) is 4. The van der Waals surface area contributed by atoms with Crippen LogP contribution in [0.1, 0.15) is 17.2 Å². The van der Waals surface area contributed by atoms with E-state index in [0.29, 0.717) is 28.3 Å². The van der Waals surface area contributed by atoms with Crippen LogP contribution >= 0.6 is 0 Å². The summed E-state index contributed by atoms with van der Waals surface area (Å²) in [5.74, 6) is 1.00. The average molecular weight is 367 g/mol. The summed E-state index contributed by atoms with van der Waals surface area (Å²) in [4.78, 5) is 0.0390. The molecule has 1 aliphatic rings. The lowest BCUT2D eigenvalue weighted by atomic mass is 10.00. The van der Waals surface area contributed by atoms with Gasteiger partial charge in [0, 0.05) is 24.2 Å². The third kappa shape index (κ3) is 2.64. The van der Waals surface area contributed by atoms with Gasteiger partial charge in [-0.05, 0) is 24.3 Å². The molecule has 0 saturated heterocycles. The maximum absolute atomic E-state index is 13.1. The standard InChI is InChI=1S/C20H17NO4S/c1-21-18-10-6-5-9-16(18)20(22)17-12-11-15(13-19(17)26(21,23)24)25-14-7-3-2-4-8-14/h2-13,20,22H,1H3. The molecule has 0 fully saturated rings. The molecular weight excluding hydrogens is 350 g/mol. The molecule has 1 atom stereocenters. The highest BCUT2D eigenvalue weighted by molar-refractivity contribution is 7.92. The van der Waals surface area contributed by atoms with Gasteiger partial charge in [-0.15, -0.1) is 0 Å². The zero-order valence-corrected chi connectivity index (χ0v) is 14.8. The smallest absolute Gasteiger partial charge is 0.264 e. The van der Waals surface area contributed by atoms with Gasteiger partial charge in [-0.3, -0.25) is 4.31 Å². The molecule has 3 aromatic carbocycles. The molecule has 0 saturated carbocycles. The van der Waals surface area contributed by atoms with Crippen LogP contribution in [0.2, 0.25) is 0 Å². The van der Waals surface area contributed by atoms with Crippen LogP contribution in [-0.2, 0) is 10.0 Å². The maximum atomic E-state index is 13.1. The summed E-state index contributed by atoms with van der Waals surface area (Å²) in [5.41, 5.74) is 1.35. The summed E-state index contributed by atoms with van der Waals surface area (Å²) in [6.45, 7) is 0. The van der Waals surface area contributed by atoms with Crippen molar-refractivity contribution in [2.45, 2.75) is 11.0 Å². The van der Waals surface area contributed by atoms with Gasteiger partial charge in [-0.1, -0.05) is 42.5 Å². The Balaban J connectivity index is 1.86. The Morgan fingerprint density at radius 3 is 2.35 bits per heavy atom. The molecule has 26 heavy (non-hydrogen) atoms. The van der Waals surface area contributed by atoms with E-state index in [0.717, 1.165) is 0 Å². The minimum Gasteiger partial charge on any atom is -0.457 e. The van der Waals surface area contributed by atoms with Crippen LogP contribution in [-0.4, -0.2) is 20.6 Å². The number of hydrogen-bond donors (Lipinski definition) is 1. The largest absolute Gasteiger partial charge is 0.457 e. The Morgan fingerprint density at radius 2 is 1.58 bits per heavy atom. The minimum absolute atomic E-state index is 0.0390. The molecule has 1 unspecified atom stereocenters. The van der Waals surface area contributed by atoms with Gasteiger partial charge < -0.3 is 9.84 Å². The molecular formula is C20H17NO4S. The number of benzene rings is 3. The molecule has 1 aliphatic heterocycles. The highest BCUT2D eigenvalue weighted by Crippen LogP contribution is 2.41. The fourth-order valence-corrected chi connectivity index (χ4v) is 4.57. The average Bonchev–Trinajstić information content (AvgIpc) is 2.72. The van der Waals surface area contributed by atoms with Crippen molar-refractivity contribution >= 4 is 15.7 Å². The van der Waals surface area contributed by atoms with Crippen LogP contribution in [0.3, 0.4) is 0 Å². The van der Waals surface area contributed by atoms with E-state index in [-0.39, 0.29) is 4.90 Å². The summed E-state index contributed by atoms with van der Waals surface area (Å²) in [6.07, 6.45) is -1.04. The highest BCUT2D eigenvalue weighted by Gasteiger charge is 2.34. The number of aliphatic hydroxyl groups excluding tert-OH is 1. The monoisotopic (exact) mass is 367 g/mol. The fraction of sp³-hybridized carbons (Fsp3) is 0.100. The van der Waals surface area contributed by atoms with Crippen molar-refractivity contribution in [1.29, 1.82) is 0 Å². The van der Waals surface area contributed by atoms with E-state index < -0.39 is 16.1 Å². The Kier molecular flexibility index (Phi) is 3.94. The van der Waals surface area contributed by atoms with Crippen molar-refractivity contribution in [2.75, 3.05) is 11.4 Å². The van der Waals surface area contributed by atoms with Gasteiger partial charge in [-0.25, -0.2) is 8.42 Å². The first kappa shape index (κ1) is 16.6. The first-order valence-corrected chi connectivity index (χ1v) is 9.55. The minimum atomic E-state index is -3.82. The van der Waals surface area contributed by atoms with E-state index in [1.807, 2.05) is 18.2 Å². The van der Waals surface area contributed by atoms with Gasteiger partial charge in [0.25, 0.3) is 10.0 Å². The summed E-state index contributed by atoms with van der Waals surface area (Å²) < 4.78 is 33.2. The van der Waals surface area contributed by atoms with Crippen molar-refractivity contribution in [3.05, 3.63) is 83.9 Å². The second-order valence-corrected chi connectivity index (χ2v) is 7.99. The summed E-state index contributed by atoms with van der Waals surface area (Å²) >= 11 is 0. The van der Waals surface area contributed by atoms with Crippen LogP contribution in [0.25, 0.3) is 0 Å². The zero-order chi connectivity index (χ0) is 18.3. The molecule has 0 bridgehead atoms. The van der Waals surface area contributed by atoms with Gasteiger partial charge >= 0.3 is 0 Å². The van der Waals surface area contributed by atoms with Gasteiger partial charge in [0.15, 0.2) is 0 Å². The number of ether oxygens (including phenoxy) is 1. The number of sulfonamides is 1. The summed E-state index contributed by atoms with van der Waals surface area (Å²) in [7, 11) is -2.34. The molecule has 1 N–H and O–H groups in total. The van der Waals surface area contributed by atoms with E-state index in [4.69, 9.17) is 4.74 Å². The second-order valence-electron chi connectivity index (χ2n) is 6.05. The zero-order valence-electron chi connectivity index (χ0n) is 14.0. The predicted molar refractivity (Wildman–Crippen MR) is 99.1 cm³/mol. The van der Waals surface area contributed by atoms with E-state index in [1.54, 1.807) is 48.5 Å². The number of nitrogens with zero attached hydrogens (tertiary/aromatic N) is 1. The van der Waals surface area contributed by atoms with Gasteiger partial charge in [0.2, 0.25) is 0 Å². The molecule has 1 heterocycles. The molecule has 4 rings (SSSR count). The molecule has 3 aromatic rings. The third-order valence-electron chi connectivity index (χ3n) is 4.47. The summed E-state index contributed by atoms with van der Waals surface area (Å²) in [6, 6.07) is 20.8. The molecule has 6 heteroatoms. The predicted octanol–water partition coefficient (Wildman–Crippen LogP) is 3.70. The Labute approximate surface area is 152 Å². The maximum Gasteiger partial charge on any atom is 0.264 e. The van der Waals surface area contributed by atoms with Crippen LogP contribution in [0.5, 0.6) is 11.5 Å². The molecule has 0 amide bonds. The topological polar surface area (TPSA) is 66.8 Å². The van der Waals surface area contributed by atoms with Crippen LogP contribution in [0.15, 0.2) is 77.7 Å². The Morgan fingerprint density at radius 1 is 0.885 bits per heavy atom. The number of rotatable bonds is 2. The first-order chi connectivity index (χ1) is 12.5. The molecule has 0 aliphatic carbocycles. The lowest BCUT2D eigenvalue weighted by molar-refractivity contribution is 0.218. The molecule has 132 valence electrons. The number of aliphatic hydroxyl groups is 1. The van der Waals surface area contributed by atoms with Crippen molar-refractivity contribution in [3.63, 3.8) is 0 Å². The summed E-state index contributed by atoms with van der Waals surface area (Å²) in [5, 5.41) is 10.8. The molecule has 0 radical (unpaired) electrons. The van der Waals surface area contributed by atoms with E-state index >= 15 is 0 Å². The lowest BCUT2D eigenvalue weighted by Crippen LogP contribution is -2.26. The number of anilines is 1. The normalized spacial score (nSPS) is 17.8. The Hall–Kier alpha value is -2.83. The SMILES string of the molecule is CN1c2ccccc2C(O)c2ccc(Oc3ccccc3)cc2S1(=O)=O. The second kappa shape index (κ2) is 6.16. The van der Waals surface area contributed by atoms with Crippen molar-refractivity contribution in [2.24, 2.45) is 0 Å². The highest BCUT2D eigenvalue weighted by atomic mass is 32.2. The van der Waals surface area contributed by atoms with Gasteiger partial charge in [0.1, 0.15) is 17.6 Å². The van der Waals surface area contributed by atoms with Crippen LogP contribution in [0.4, 0.5) is 5.69 Å². The molecule has 0 spiro atoms. The van der Waals surface area contributed by atoms with Crippen molar-refractivity contribution in [3.8, 4) is 11.5 Å². The van der Waals surface area contributed by atoms with Crippen LogP contribution in [0, 0.1) is 0 Å². The van der Waals surface area contributed by atoms with E-state index in [9.17, 15) is 13.5 Å². The van der Waals surface area contributed by atoms with Gasteiger partial charge in [-0.2, -0.15) is 0 Å². The fourth-order valence-electron chi connectivity index (χ4n) is 3.10. The lowest BCUT2D eigenvalue weighted by Gasteiger charge is -2.19. The quantitative estimate of drug-likeness (QED) is 0.750. The third-order valence-corrected chi connectivity index (χ3v) is 6.29. The Bertz CT molecular complexity index is 1060. The molecule has 5 nitrogen and oxygen atoms in total.